The summed E-state index contributed by atoms with van der Waals surface area (Å²) in [6.07, 6.45) is 6.43. The van der Waals surface area contributed by atoms with E-state index in [1.165, 1.54) is 34.4 Å². The van der Waals surface area contributed by atoms with Crippen LogP contribution in [0.15, 0.2) is 43.1 Å². The van der Waals surface area contributed by atoms with Gasteiger partial charge in [-0.15, -0.1) is 6.58 Å². The van der Waals surface area contributed by atoms with Crippen LogP contribution >= 0.6 is 0 Å². The topological polar surface area (TPSA) is 76.6 Å². The molecule has 210 valence electrons. The van der Waals surface area contributed by atoms with Crippen LogP contribution in [-0.4, -0.2) is 69.4 Å². The van der Waals surface area contributed by atoms with Crippen molar-refractivity contribution in [2.75, 3.05) is 26.2 Å². The smallest absolute Gasteiger partial charge is 0.254 e. The van der Waals surface area contributed by atoms with E-state index in [1.54, 1.807) is 6.92 Å². The van der Waals surface area contributed by atoms with Crippen LogP contribution in [0.3, 0.4) is 0 Å². The molecule has 2 aliphatic heterocycles. The molecule has 2 aromatic rings. The zero-order valence-electron chi connectivity index (χ0n) is 22.8. The van der Waals surface area contributed by atoms with Gasteiger partial charge in [-0.3, -0.25) is 14.5 Å². The Kier molecular flexibility index (Phi) is 6.50. The molecule has 2 amide bonds. The van der Waals surface area contributed by atoms with Crippen LogP contribution in [-0.2, 0) is 9.59 Å². The van der Waals surface area contributed by atoms with E-state index in [0.717, 1.165) is 38.9 Å². The number of fused-ring (bicyclic) bond motifs is 1. The van der Waals surface area contributed by atoms with E-state index in [2.05, 4.69) is 46.9 Å². The van der Waals surface area contributed by atoms with Gasteiger partial charge < -0.3 is 15.0 Å². The highest BCUT2D eigenvalue weighted by atomic mass is 19.3. The van der Waals surface area contributed by atoms with Gasteiger partial charge in [-0.1, -0.05) is 31.2 Å². The molecule has 39 heavy (non-hydrogen) atoms. The van der Waals surface area contributed by atoms with Crippen LogP contribution in [0.4, 0.5) is 8.78 Å². The number of nitrogens with zero attached hydrogens (tertiary/aromatic N) is 2. The molecule has 4 fully saturated rings. The number of H-pyrrole nitrogens is 1. The van der Waals surface area contributed by atoms with Crippen molar-refractivity contribution >= 4 is 22.7 Å². The number of hydrogen-bond donors (Lipinski definition) is 2. The van der Waals surface area contributed by atoms with Crippen LogP contribution in [0.1, 0.15) is 51.0 Å². The third-order valence-electron chi connectivity index (χ3n) is 10.4. The lowest BCUT2D eigenvalue weighted by atomic mass is 9.73. The van der Waals surface area contributed by atoms with Crippen LogP contribution in [0.5, 0.6) is 0 Å². The van der Waals surface area contributed by atoms with Crippen molar-refractivity contribution in [1.29, 1.82) is 0 Å². The van der Waals surface area contributed by atoms with E-state index >= 15 is 0 Å². The van der Waals surface area contributed by atoms with Crippen molar-refractivity contribution in [2.24, 2.45) is 35.5 Å². The number of carbonyl (C=O) groups is 2. The Hall–Kier alpha value is -2.58. The Morgan fingerprint density at radius 2 is 1.85 bits per heavy atom. The van der Waals surface area contributed by atoms with Gasteiger partial charge in [-0.25, -0.2) is 8.78 Å². The minimum absolute atomic E-state index is 0.261. The maximum Gasteiger partial charge on any atom is 0.254 e. The molecule has 2 saturated heterocycles. The quantitative estimate of drug-likeness (QED) is 0.354. The number of nitrogens with one attached hydrogen (secondary N) is 1. The molecule has 4 aliphatic rings. The van der Waals surface area contributed by atoms with Gasteiger partial charge in [-0.05, 0) is 74.6 Å². The summed E-state index contributed by atoms with van der Waals surface area (Å²) in [6, 6.07) is 8.45. The number of rotatable bonds is 9. The molecular weight excluding hydrogens is 500 g/mol. The fourth-order valence-corrected chi connectivity index (χ4v) is 7.44. The minimum atomic E-state index is -2.92. The SMILES string of the molecule is C=CC1C(=O)N(CC2C[C@@H]2CN2CCC(c3c[nH]c4ccccc34)CC2)C(=O)C1C(C)C(C)(O)C1CC1(F)F. The summed E-state index contributed by atoms with van der Waals surface area (Å²) in [5, 5.41) is 12.3. The standard InChI is InChI=1S/C31H39F2N3O3/c1-4-22-27(18(2)30(3,39)26-14-31(26,32)33)29(38)36(28(22)37)17-21-13-20(21)16-35-11-9-19(10-12-35)24-15-34-25-8-6-5-7-23(24)25/h4-8,15,18-22,26-27,34,39H,1,9-14,16-17H2,2-3H3/t18?,20-,21?,22?,26?,27?,30?/m1/s1. The molecule has 6 nitrogen and oxygen atoms in total. The van der Waals surface area contributed by atoms with E-state index in [4.69, 9.17) is 0 Å². The first kappa shape index (κ1) is 26.6. The number of benzene rings is 1. The van der Waals surface area contributed by atoms with Gasteiger partial charge in [0.1, 0.15) is 0 Å². The fraction of sp³-hybridized carbons (Fsp3) is 0.613. The largest absolute Gasteiger partial charge is 0.389 e. The molecule has 0 spiro atoms. The number of alkyl halides is 2. The molecule has 0 bridgehead atoms. The zero-order valence-corrected chi connectivity index (χ0v) is 22.8. The summed E-state index contributed by atoms with van der Waals surface area (Å²) in [4.78, 5) is 33.8. The maximum absolute atomic E-state index is 13.8. The van der Waals surface area contributed by atoms with E-state index in [-0.39, 0.29) is 24.2 Å². The van der Waals surface area contributed by atoms with E-state index in [0.29, 0.717) is 18.4 Å². The van der Waals surface area contributed by atoms with Gasteiger partial charge in [0.2, 0.25) is 11.8 Å². The third kappa shape index (κ3) is 4.63. The van der Waals surface area contributed by atoms with Gasteiger partial charge >= 0.3 is 0 Å². The summed E-state index contributed by atoms with van der Waals surface area (Å²) in [6.45, 7) is 10.2. The summed E-state index contributed by atoms with van der Waals surface area (Å²) in [7, 11) is 0. The number of likely N-dealkylation sites (tertiary alicyclic amines) is 2. The Morgan fingerprint density at radius 3 is 2.51 bits per heavy atom. The molecule has 0 radical (unpaired) electrons. The van der Waals surface area contributed by atoms with Crippen LogP contribution in [0, 0.1) is 35.5 Å². The van der Waals surface area contributed by atoms with Gasteiger partial charge in [-0.2, -0.15) is 0 Å². The van der Waals surface area contributed by atoms with Gasteiger partial charge in [0.15, 0.2) is 0 Å². The van der Waals surface area contributed by atoms with E-state index in [1.807, 2.05) is 0 Å². The highest BCUT2D eigenvalue weighted by Crippen LogP contribution is 2.58. The average Bonchev–Trinajstić information content (AvgIpc) is 3.72. The molecule has 2 aliphatic carbocycles. The fourth-order valence-electron chi connectivity index (χ4n) is 7.44. The molecular formula is C31H39F2N3O3. The van der Waals surface area contributed by atoms with Crippen LogP contribution < -0.4 is 0 Å². The maximum atomic E-state index is 13.8. The monoisotopic (exact) mass is 539 g/mol. The number of hydrogen-bond acceptors (Lipinski definition) is 4. The molecule has 1 aromatic heterocycles. The highest BCUT2D eigenvalue weighted by molar-refractivity contribution is 6.06. The summed E-state index contributed by atoms with van der Waals surface area (Å²) >= 11 is 0. The number of halogens is 2. The molecule has 6 unspecified atom stereocenters. The van der Waals surface area contributed by atoms with E-state index < -0.39 is 35.2 Å². The second-order valence-corrected chi connectivity index (χ2v) is 12.7. The Balaban J connectivity index is 1.03. The first-order valence-electron chi connectivity index (χ1n) is 14.4. The molecule has 1 aromatic carbocycles. The molecule has 3 heterocycles. The lowest BCUT2D eigenvalue weighted by Crippen LogP contribution is -2.45. The Bertz CT molecular complexity index is 1280. The zero-order chi connectivity index (χ0) is 27.7. The lowest BCUT2D eigenvalue weighted by Gasteiger charge is -2.35. The number of aliphatic hydroxyl groups is 1. The number of carbonyl (C=O) groups excluding carboxylic acids is 2. The average molecular weight is 540 g/mol. The van der Waals surface area contributed by atoms with Crippen molar-refractivity contribution in [3.05, 3.63) is 48.7 Å². The lowest BCUT2D eigenvalue weighted by molar-refractivity contribution is -0.142. The molecule has 6 rings (SSSR count). The van der Waals surface area contributed by atoms with E-state index in [9.17, 15) is 23.5 Å². The number of aromatic nitrogens is 1. The van der Waals surface area contributed by atoms with Crippen molar-refractivity contribution < 1.29 is 23.5 Å². The van der Waals surface area contributed by atoms with Crippen molar-refractivity contribution in [1.82, 2.24) is 14.8 Å². The summed E-state index contributed by atoms with van der Waals surface area (Å²) in [5.74, 6) is -5.94. The summed E-state index contributed by atoms with van der Waals surface area (Å²) in [5.41, 5.74) is 0.860. The number of piperidine rings is 1. The predicted molar refractivity (Wildman–Crippen MR) is 145 cm³/mol. The van der Waals surface area contributed by atoms with Crippen molar-refractivity contribution in [3.63, 3.8) is 0 Å². The highest BCUT2D eigenvalue weighted by Gasteiger charge is 2.68. The van der Waals surface area contributed by atoms with Gasteiger partial charge in [0.05, 0.1) is 23.4 Å². The van der Waals surface area contributed by atoms with Crippen LogP contribution in [0.2, 0.25) is 0 Å². The first-order chi connectivity index (χ1) is 18.5. The van der Waals surface area contributed by atoms with Gasteiger partial charge in [0, 0.05) is 36.6 Å². The number of amides is 2. The second-order valence-electron chi connectivity index (χ2n) is 12.7. The molecule has 2 N–H and O–H groups in total. The minimum Gasteiger partial charge on any atom is -0.389 e. The third-order valence-corrected chi connectivity index (χ3v) is 10.4. The van der Waals surface area contributed by atoms with Crippen molar-refractivity contribution in [3.8, 4) is 0 Å². The molecule has 7 atom stereocenters. The van der Waals surface area contributed by atoms with Gasteiger partial charge in [0.25, 0.3) is 5.92 Å². The Morgan fingerprint density at radius 1 is 1.18 bits per heavy atom. The molecule has 2 saturated carbocycles. The number of imide groups is 1. The number of para-hydroxylation sites is 1. The molecule has 8 heteroatoms. The second kappa shape index (κ2) is 9.51. The van der Waals surface area contributed by atoms with Crippen LogP contribution in [0.25, 0.3) is 10.9 Å². The Labute approximate surface area is 228 Å². The predicted octanol–water partition coefficient (Wildman–Crippen LogP) is 4.81. The number of aromatic amines is 1. The summed E-state index contributed by atoms with van der Waals surface area (Å²) < 4.78 is 27.6. The van der Waals surface area contributed by atoms with Crippen molar-refractivity contribution in [2.45, 2.75) is 57.0 Å². The normalized spacial score (nSPS) is 33.4. The first-order valence-corrected chi connectivity index (χ1v) is 14.4.